The molecule has 4 saturated heterocycles. The molecule has 9 atom stereocenters. The summed E-state index contributed by atoms with van der Waals surface area (Å²) in [6.07, 6.45) is 1.31. The van der Waals surface area contributed by atoms with Crippen LogP contribution in [0.3, 0.4) is 0 Å². The van der Waals surface area contributed by atoms with Crippen LogP contribution in [0.5, 0.6) is 0 Å². The molecule has 1 spiro atoms. The molecule has 5 fully saturated rings. The molecule has 0 aromatic carbocycles. The molecule has 1 aliphatic carbocycles. The number of carboxylic acids is 1. The first kappa shape index (κ1) is 24.3. The van der Waals surface area contributed by atoms with Crippen molar-refractivity contribution in [3.8, 4) is 0 Å². The molecule has 0 radical (unpaired) electrons. The summed E-state index contributed by atoms with van der Waals surface area (Å²) < 4.78 is 18.0. The highest BCUT2D eigenvalue weighted by molar-refractivity contribution is 5.85. The molecule has 4 heterocycles. The van der Waals surface area contributed by atoms with Crippen LogP contribution in [-0.4, -0.2) is 64.7 Å². The number of aliphatic hydroxyl groups excluding tert-OH is 1. The highest BCUT2D eigenvalue weighted by Gasteiger charge is 2.69. The minimum absolute atomic E-state index is 0.00192. The Kier molecular flexibility index (Phi) is 6.71. The highest BCUT2D eigenvalue weighted by Crippen LogP contribution is 2.60. The maximum Gasteiger partial charge on any atom is 0.328 e. The van der Waals surface area contributed by atoms with Gasteiger partial charge in [0.1, 0.15) is 6.04 Å². The van der Waals surface area contributed by atoms with Gasteiger partial charge in [-0.15, -0.1) is 0 Å². The number of nitrogens with one attached hydrogen (secondary N) is 1. The number of aliphatic carboxylic acids is 1. The van der Waals surface area contributed by atoms with Gasteiger partial charge in [0.2, 0.25) is 18.0 Å². The fourth-order valence-corrected chi connectivity index (χ4v) is 5.86. The zero-order valence-electron chi connectivity index (χ0n) is 19.2. The smallest absolute Gasteiger partial charge is 0.328 e. The molecule has 5 aliphatic rings. The lowest BCUT2D eigenvalue weighted by molar-refractivity contribution is -0.576. The second kappa shape index (κ2) is 9.10. The van der Waals surface area contributed by atoms with Crippen LogP contribution in [-0.2, 0) is 38.4 Å². The van der Waals surface area contributed by atoms with E-state index in [9.17, 15) is 14.4 Å². The molecule has 186 valence electrons. The third kappa shape index (κ3) is 4.37. The second-order valence-electron chi connectivity index (χ2n) is 9.90. The number of rotatable bonds is 7. The molecule has 1 saturated carbocycles. The first-order valence-corrected chi connectivity index (χ1v) is 11.6. The summed E-state index contributed by atoms with van der Waals surface area (Å²) in [5.74, 6) is -3.17. The monoisotopic (exact) mass is 471 g/mol. The molecule has 0 aromatic rings. The number of fused-ring (bicyclic) bond motifs is 2. The van der Waals surface area contributed by atoms with E-state index in [-0.39, 0.29) is 30.6 Å². The molecule has 3 unspecified atom stereocenters. The van der Waals surface area contributed by atoms with E-state index in [0.717, 1.165) is 19.3 Å². The molecule has 1 amide bonds. The van der Waals surface area contributed by atoms with Gasteiger partial charge in [-0.25, -0.2) is 14.6 Å². The Morgan fingerprint density at radius 1 is 1.12 bits per heavy atom. The van der Waals surface area contributed by atoms with Crippen LogP contribution < -0.4 is 5.32 Å². The zero-order chi connectivity index (χ0) is 24.0. The number of ether oxygens (including phenoxy) is 3. The number of aliphatic hydroxyl groups is 1. The van der Waals surface area contributed by atoms with Crippen LogP contribution in [0.2, 0.25) is 0 Å². The van der Waals surface area contributed by atoms with Crippen molar-refractivity contribution in [1.29, 1.82) is 0 Å². The summed E-state index contributed by atoms with van der Waals surface area (Å²) in [5, 5.41) is 20.0. The quantitative estimate of drug-likeness (QED) is 0.363. The van der Waals surface area contributed by atoms with Gasteiger partial charge in [-0.05, 0) is 38.0 Å². The van der Waals surface area contributed by atoms with Gasteiger partial charge in [-0.1, -0.05) is 13.8 Å². The number of esters is 1. The molecular weight excluding hydrogens is 438 g/mol. The van der Waals surface area contributed by atoms with Gasteiger partial charge >= 0.3 is 11.9 Å². The highest BCUT2D eigenvalue weighted by atomic mass is 17.3. The van der Waals surface area contributed by atoms with Crippen molar-refractivity contribution in [3.63, 3.8) is 0 Å². The average molecular weight is 472 g/mol. The Bertz CT molecular complexity index is 791. The number of carbonyl (C=O) groups is 3. The average Bonchev–Trinajstić information content (AvgIpc) is 3.00. The van der Waals surface area contributed by atoms with Gasteiger partial charge in [-0.3, -0.25) is 9.59 Å². The molecule has 11 heteroatoms. The summed E-state index contributed by atoms with van der Waals surface area (Å²) >= 11 is 0. The van der Waals surface area contributed by atoms with Gasteiger partial charge in [0, 0.05) is 24.7 Å². The zero-order valence-corrected chi connectivity index (χ0v) is 19.2. The topological polar surface area (TPSA) is 150 Å². The van der Waals surface area contributed by atoms with Crippen molar-refractivity contribution in [2.45, 2.75) is 89.3 Å². The van der Waals surface area contributed by atoms with Crippen LogP contribution in [0, 0.1) is 23.7 Å². The summed E-state index contributed by atoms with van der Waals surface area (Å²) in [6.45, 7) is 5.24. The van der Waals surface area contributed by atoms with E-state index in [0.29, 0.717) is 12.3 Å². The lowest BCUT2D eigenvalue weighted by Crippen LogP contribution is -2.70. The van der Waals surface area contributed by atoms with Crippen molar-refractivity contribution in [2.75, 3.05) is 6.61 Å². The largest absolute Gasteiger partial charge is 0.480 e. The van der Waals surface area contributed by atoms with Crippen LogP contribution in [0.4, 0.5) is 0 Å². The second-order valence-corrected chi connectivity index (χ2v) is 9.90. The maximum atomic E-state index is 12.5. The van der Waals surface area contributed by atoms with Gasteiger partial charge in [0.05, 0.1) is 13.0 Å². The normalized spacial score (nSPS) is 42.5. The predicted octanol–water partition coefficient (Wildman–Crippen LogP) is 1.08. The van der Waals surface area contributed by atoms with Gasteiger partial charge < -0.3 is 29.7 Å². The van der Waals surface area contributed by atoms with Gasteiger partial charge in [0.15, 0.2) is 11.9 Å². The molecule has 33 heavy (non-hydrogen) atoms. The number of amides is 1. The predicted molar refractivity (Wildman–Crippen MR) is 109 cm³/mol. The van der Waals surface area contributed by atoms with Crippen LogP contribution >= 0.6 is 0 Å². The van der Waals surface area contributed by atoms with Crippen molar-refractivity contribution in [1.82, 2.24) is 5.32 Å². The van der Waals surface area contributed by atoms with Crippen LogP contribution in [0.1, 0.15) is 59.3 Å². The molecule has 11 nitrogen and oxygen atoms in total. The van der Waals surface area contributed by atoms with Crippen LogP contribution in [0.15, 0.2) is 0 Å². The molecule has 0 aromatic heterocycles. The molecule has 2 bridgehead atoms. The van der Waals surface area contributed by atoms with E-state index in [2.05, 4.69) is 12.2 Å². The number of hydrogen-bond acceptors (Lipinski definition) is 9. The summed E-state index contributed by atoms with van der Waals surface area (Å²) in [4.78, 5) is 47.1. The van der Waals surface area contributed by atoms with Crippen molar-refractivity contribution in [2.24, 2.45) is 23.7 Å². The summed E-state index contributed by atoms with van der Waals surface area (Å²) in [6, 6.07) is -1.42. The molecule has 5 rings (SSSR count). The third-order valence-corrected chi connectivity index (χ3v) is 7.72. The molecular formula is C22H33NO10. The molecule has 3 N–H and O–H groups in total. The van der Waals surface area contributed by atoms with E-state index in [1.165, 1.54) is 0 Å². The Morgan fingerprint density at radius 2 is 1.88 bits per heavy atom. The van der Waals surface area contributed by atoms with Crippen LogP contribution in [0.25, 0.3) is 0 Å². The van der Waals surface area contributed by atoms with Gasteiger partial charge in [-0.2, -0.15) is 0 Å². The lowest BCUT2D eigenvalue weighted by atomic mass is 9.58. The Balaban J connectivity index is 1.41. The summed E-state index contributed by atoms with van der Waals surface area (Å²) in [5.41, 5.74) is -0.758. The SMILES string of the molecule is C[C@H]1[C@H](OC(=O)CCC(=O)NC(CO)C(=O)O)O[C@@H]2OC3(C)CC[C@H]4[C@H](C)CC[C@@H]1C24OO3. The first-order chi connectivity index (χ1) is 15.6. The van der Waals surface area contributed by atoms with E-state index < -0.39 is 54.5 Å². The van der Waals surface area contributed by atoms with E-state index in [1.807, 2.05) is 13.8 Å². The minimum Gasteiger partial charge on any atom is -0.480 e. The third-order valence-electron chi connectivity index (χ3n) is 7.72. The Labute approximate surface area is 191 Å². The van der Waals surface area contributed by atoms with Gasteiger partial charge in [0.25, 0.3) is 0 Å². The first-order valence-electron chi connectivity index (χ1n) is 11.6. The van der Waals surface area contributed by atoms with E-state index in [4.69, 9.17) is 34.2 Å². The molecule has 4 aliphatic heterocycles. The summed E-state index contributed by atoms with van der Waals surface area (Å²) in [7, 11) is 0. The minimum atomic E-state index is -1.42. The number of hydrogen-bond donors (Lipinski definition) is 3. The number of carbonyl (C=O) groups excluding carboxylic acids is 2. The Hall–Kier alpha value is -1.79. The van der Waals surface area contributed by atoms with E-state index in [1.54, 1.807) is 0 Å². The fraction of sp³-hybridized carbons (Fsp3) is 0.864. The Morgan fingerprint density at radius 3 is 2.58 bits per heavy atom. The number of carboxylic acid groups (broad SMARTS) is 1. The van der Waals surface area contributed by atoms with Crippen molar-refractivity contribution >= 4 is 17.8 Å². The van der Waals surface area contributed by atoms with E-state index >= 15 is 0 Å². The maximum absolute atomic E-state index is 12.5. The van der Waals surface area contributed by atoms with Crippen molar-refractivity contribution < 1.29 is 48.6 Å². The lowest BCUT2D eigenvalue weighted by Gasteiger charge is -2.59. The standard InChI is InChI=1S/C22H33NO10/c1-11-4-5-14-12(2)19(29-17(26)7-6-16(25)23-15(10-24)18(27)28)30-20-22(14)13(11)8-9-21(3,31-20)32-33-22/h11-15,19-20,24H,4-10H2,1-3H3,(H,23,25)(H,27,28)/t11-,12-,13+,14+,15?,19-,20-,21?,22?/m1/s1. The van der Waals surface area contributed by atoms with Crippen molar-refractivity contribution in [3.05, 3.63) is 0 Å². The fourth-order valence-electron chi connectivity index (χ4n) is 5.86.